The Morgan fingerprint density at radius 3 is 2.48 bits per heavy atom. The molecule has 1 amide bonds. The third-order valence-electron chi connectivity index (χ3n) is 2.43. The molecule has 0 saturated carbocycles. The monoisotopic (exact) mass is 300 g/mol. The molecule has 1 aromatic carbocycles. The zero-order valence-electron chi connectivity index (χ0n) is 10.9. The standard InChI is InChI=1S/C12H11F3N4O2/c1-16-6-9(20)17-8-4-2-7(3-5-8)10-18-11(21-19-10)12(13,14)15/h2-5,16H,6H2,1H3,(H,17,20). The van der Waals surface area contributed by atoms with Crippen LogP contribution in [0.4, 0.5) is 18.9 Å². The second-order valence-electron chi connectivity index (χ2n) is 4.08. The van der Waals surface area contributed by atoms with Gasteiger partial charge in [-0.3, -0.25) is 4.79 Å². The molecule has 21 heavy (non-hydrogen) atoms. The van der Waals surface area contributed by atoms with Crippen molar-refractivity contribution in [3.63, 3.8) is 0 Å². The first-order valence-electron chi connectivity index (χ1n) is 5.86. The predicted molar refractivity (Wildman–Crippen MR) is 67.3 cm³/mol. The molecule has 0 spiro atoms. The van der Waals surface area contributed by atoms with Crippen LogP contribution < -0.4 is 10.6 Å². The molecule has 1 heterocycles. The minimum absolute atomic E-state index is 0.154. The number of alkyl halides is 3. The molecule has 2 N–H and O–H groups in total. The molecule has 0 atom stereocenters. The van der Waals surface area contributed by atoms with Crippen LogP contribution in [-0.4, -0.2) is 29.6 Å². The molecule has 0 bridgehead atoms. The van der Waals surface area contributed by atoms with E-state index in [0.717, 1.165) is 0 Å². The van der Waals surface area contributed by atoms with Crippen LogP contribution in [0.5, 0.6) is 0 Å². The maximum Gasteiger partial charge on any atom is 0.471 e. The van der Waals surface area contributed by atoms with Crippen LogP contribution in [-0.2, 0) is 11.0 Å². The summed E-state index contributed by atoms with van der Waals surface area (Å²) < 4.78 is 41.2. The van der Waals surface area contributed by atoms with Crippen LogP contribution in [0.3, 0.4) is 0 Å². The summed E-state index contributed by atoms with van der Waals surface area (Å²) in [5, 5.41) is 8.57. The van der Waals surface area contributed by atoms with E-state index in [-0.39, 0.29) is 18.3 Å². The van der Waals surface area contributed by atoms with E-state index in [1.807, 2.05) is 0 Å². The van der Waals surface area contributed by atoms with Crippen LogP contribution >= 0.6 is 0 Å². The molecule has 2 aromatic rings. The Labute approximate surface area is 117 Å². The molecule has 0 saturated heterocycles. The molecule has 6 nitrogen and oxygen atoms in total. The summed E-state index contributed by atoms with van der Waals surface area (Å²) in [6.07, 6.45) is -4.67. The fraction of sp³-hybridized carbons (Fsp3) is 0.250. The molecular weight excluding hydrogens is 289 g/mol. The van der Waals surface area contributed by atoms with E-state index in [4.69, 9.17) is 0 Å². The van der Waals surface area contributed by atoms with E-state index in [1.165, 1.54) is 24.3 Å². The van der Waals surface area contributed by atoms with Gasteiger partial charge in [0.15, 0.2) is 0 Å². The first-order valence-corrected chi connectivity index (χ1v) is 5.86. The zero-order valence-corrected chi connectivity index (χ0v) is 10.9. The molecule has 112 valence electrons. The van der Waals surface area contributed by atoms with Gasteiger partial charge in [-0.1, -0.05) is 5.16 Å². The Balaban J connectivity index is 2.12. The zero-order chi connectivity index (χ0) is 15.5. The summed E-state index contributed by atoms with van der Waals surface area (Å²) in [5.74, 6) is -1.80. The van der Waals surface area contributed by atoms with E-state index in [2.05, 4.69) is 25.3 Å². The first-order chi connectivity index (χ1) is 9.90. The van der Waals surface area contributed by atoms with Gasteiger partial charge in [0.2, 0.25) is 11.7 Å². The van der Waals surface area contributed by atoms with E-state index < -0.39 is 12.1 Å². The Bertz CT molecular complexity index is 622. The Morgan fingerprint density at radius 2 is 1.95 bits per heavy atom. The molecule has 0 aliphatic rings. The number of aromatic nitrogens is 2. The highest BCUT2D eigenvalue weighted by Gasteiger charge is 2.38. The van der Waals surface area contributed by atoms with Crippen LogP contribution in [0.2, 0.25) is 0 Å². The quantitative estimate of drug-likeness (QED) is 0.901. The minimum atomic E-state index is -4.67. The topological polar surface area (TPSA) is 80.0 Å². The first kappa shape index (κ1) is 15.0. The third-order valence-corrected chi connectivity index (χ3v) is 2.43. The number of benzene rings is 1. The average molecular weight is 300 g/mol. The van der Waals surface area contributed by atoms with Crippen molar-refractivity contribution in [3.05, 3.63) is 30.2 Å². The fourth-order valence-electron chi connectivity index (χ4n) is 1.52. The maximum atomic E-state index is 12.3. The van der Waals surface area contributed by atoms with Gasteiger partial charge in [0, 0.05) is 11.3 Å². The van der Waals surface area contributed by atoms with Gasteiger partial charge in [-0.25, -0.2) is 0 Å². The van der Waals surface area contributed by atoms with E-state index in [9.17, 15) is 18.0 Å². The van der Waals surface area contributed by atoms with E-state index in [0.29, 0.717) is 11.3 Å². The van der Waals surface area contributed by atoms with Crippen molar-refractivity contribution >= 4 is 11.6 Å². The smallest absolute Gasteiger partial charge is 0.329 e. The normalized spacial score (nSPS) is 11.4. The molecule has 0 unspecified atom stereocenters. The number of nitrogens with one attached hydrogen (secondary N) is 2. The summed E-state index contributed by atoms with van der Waals surface area (Å²) in [5.41, 5.74) is 0.861. The third kappa shape index (κ3) is 3.78. The minimum Gasteiger partial charge on any atom is -0.329 e. The van der Waals surface area contributed by atoms with Crippen molar-refractivity contribution in [2.24, 2.45) is 0 Å². The molecule has 0 aliphatic heterocycles. The predicted octanol–water partition coefficient (Wildman–Crippen LogP) is 1.91. The molecule has 2 rings (SSSR count). The summed E-state index contributed by atoms with van der Waals surface area (Å²) in [4.78, 5) is 14.6. The number of carbonyl (C=O) groups excluding carboxylic acids is 1. The highest BCUT2D eigenvalue weighted by atomic mass is 19.4. The molecule has 0 aliphatic carbocycles. The van der Waals surface area contributed by atoms with Crippen molar-refractivity contribution in [2.45, 2.75) is 6.18 Å². The van der Waals surface area contributed by atoms with Crippen molar-refractivity contribution in [2.75, 3.05) is 18.9 Å². The van der Waals surface area contributed by atoms with Crippen LogP contribution in [0, 0.1) is 0 Å². The molecular formula is C12H11F3N4O2. The van der Waals surface area contributed by atoms with Gasteiger partial charge in [0.1, 0.15) is 0 Å². The molecule has 0 radical (unpaired) electrons. The number of hydrogen-bond donors (Lipinski definition) is 2. The van der Waals surface area contributed by atoms with Crippen LogP contribution in [0.25, 0.3) is 11.4 Å². The van der Waals surface area contributed by atoms with Crippen molar-refractivity contribution in [1.82, 2.24) is 15.5 Å². The van der Waals surface area contributed by atoms with Gasteiger partial charge < -0.3 is 15.2 Å². The lowest BCUT2D eigenvalue weighted by atomic mass is 10.2. The Kier molecular flexibility index (Phi) is 4.22. The number of amides is 1. The summed E-state index contributed by atoms with van der Waals surface area (Å²) in [6, 6.07) is 6.04. The number of hydrogen-bond acceptors (Lipinski definition) is 5. The van der Waals surface area contributed by atoms with Gasteiger partial charge in [-0.2, -0.15) is 18.2 Å². The highest BCUT2D eigenvalue weighted by Crippen LogP contribution is 2.29. The number of carbonyl (C=O) groups is 1. The number of halogens is 3. The molecule has 1 aromatic heterocycles. The largest absolute Gasteiger partial charge is 0.471 e. The summed E-state index contributed by atoms with van der Waals surface area (Å²) in [7, 11) is 1.64. The average Bonchev–Trinajstić information content (AvgIpc) is 2.89. The maximum absolute atomic E-state index is 12.3. The number of likely N-dealkylation sites (N-methyl/N-ethyl adjacent to an activating group) is 1. The van der Waals surface area contributed by atoms with Crippen molar-refractivity contribution < 1.29 is 22.5 Å². The lowest BCUT2D eigenvalue weighted by Gasteiger charge is -2.04. The van der Waals surface area contributed by atoms with Crippen molar-refractivity contribution in [3.8, 4) is 11.4 Å². The number of rotatable bonds is 4. The van der Waals surface area contributed by atoms with Gasteiger partial charge in [0.25, 0.3) is 0 Å². The lowest BCUT2D eigenvalue weighted by Crippen LogP contribution is -2.24. The summed E-state index contributed by atoms with van der Waals surface area (Å²) in [6.45, 7) is 0.154. The second-order valence-corrected chi connectivity index (χ2v) is 4.08. The lowest BCUT2D eigenvalue weighted by molar-refractivity contribution is -0.159. The highest BCUT2D eigenvalue weighted by molar-refractivity contribution is 5.92. The van der Waals surface area contributed by atoms with Gasteiger partial charge in [0.05, 0.1) is 6.54 Å². The number of anilines is 1. The molecule has 0 fully saturated rings. The van der Waals surface area contributed by atoms with Crippen LogP contribution in [0.1, 0.15) is 5.89 Å². The molecule has 9 heteroatoms. The SMILES string of the molecule is CNCC(=O)Nc1ccc(-c2noc(C(F)(F)F)n2)cc1. The number of nitrogens with zero attached hydrogens (tertiary/aromatic N) is 2. The fourth-order valence-corrected chi connectivity index (χ4v) is 1.52. The van der Waals surface area contributed by atoms with Crippen LogP contribution in [0.15, 0.2) is 28.8 Å². The second kappa shape index (κ2) is 5.92. The Hall–Kier alpha value is -2.42. The van der Waals surface area contributed by atoms with Crippen molar-refractivity contribution in [1.29, 1.82) is 0 Å². The van der Waals surface area contributed by atoms with E-state index >= 15 is 0 Å². The Morgan fingerprint density at radius 1 is 1.29 bits per heavy atom. The van der Waals surface area contributed by atoms with E-state index in [1.54, 1.807) is 7.05 Å². The summed E-state index contributed by atoms with van der Waals surface area (Å²) >= 11 is 0. The van der Waals surface area contributed by atoms with Gasteiger partial charge >= 0.3 is 12.1 Å². The van der Waals surface area contributed by atoms with Gasteiger partial charge in [-0.05, 0) is 31.3 Å². The van der Waals surface area contributed by atoms with Gasteiger partial charge in [-0.15, -0.1) is 0 Å².